The molecule has 2 fully saturated rings. The van der Waals surface area contributed by atoms with Gasteiger partial charge in [-0.05, 0) is 50.7 Å². The van der Waals surface area contributed by atoms with Gasteiger partial charge >= 0.3 is 0 Å². The fraction of sp³-hybridized carbons (Fsp3) is 0.357. The van der Waals surface area contributed by atoms with Crippen molar-refractivity contribution in [3.8, 4) is 11.8 Å². The van der Waals surface area contributed by atoms with E-state index in [2.05, 4.69) is 33.7 Å². The second-order valence-corrected chi connectivity index (χ2v) is 9.63. The van der Waals surface area contributed by atoms with Crippen molar-refractivity contribution in [1.82, 2.24) is 24.8 Å². The van der Waals surface area contributed by atoms with Crippen LogP contribution in [0.3, 0.4) is 0 Å². The average Bonchev–Trinajstić information content (AvgIpc) is 3.54. The van der Waals surface area contributed by atoms with Crippen LogP contribution in [0.4, 0.5) is 5.82 Å². The number of hydrogen-bond acceptors (Lipinski definition) is 5. The van der Waals surface area contributed by atoms with Crippen LogP contribution in [0.15, 0.2) is 49.3 Å². The number of benzene rings is 1. The second-order valence-electron chi connectivity index (χ2n) is 9.63. The molecule has 184 valence electrons. The van der Waals surface area contributed by atoms with Crippen LogP contribution in [-0.4, -0.2) is 43.8 Å². The molecule has 3 aromatic rings. The number of rotatable bonds is 5. The van der Waals surface area contributed by atoms with Gasteiger partial charge in [0.2, 0.25) is 5.91 Å². The summed E-state index contributed by atoms with van der Waals surface area (Å²) in [7, 11) is 0. The van der Waals surface area contributed by atoms with Gasteiger partial charge < -0.3 is 20.5 Å². The first-order valence-corrected chi connectivity index (χ1v) is 12.3. The van der Waals surface area contributed by atoms with Crippen molar-refractivity contribution in [3.05, 3.63) is 66.1 Å². The summed E-state index contributed by atoms with van der Waals surface area (Å²) in [6.07, 6.45) is 5.57. The third kappa shape index (κ3) is 4.33. The van der Waals surface area contributed by atoms with E-state index in [-0.39, 0.29) is 35.8 Å². The quantitative estimate of drug-likeness (QED) is 0.427. The summed E-state index contributed by atoms with van der Waals surface area (Å²) >= 11 is 0. The lowest BCUT2D eigenvalue weighted by atomic mass is 10.1. The molecule has 8 nitrogen and oxygen atoms in total. The van der Waals surface area contributed by atoms with E-state index < -0.39 is 0 Å². The van der Waals surface area contributed by atoms with Crippen molar-refractivity contribution in [1.29, 1.82) is 0 Å². The van der Waals surface area contributed by atoms with Gasteiger partial charge in [0.1, 0.15) is 23.5 Å². The number of carbonyl (C=O) groups is 2. The molecule has 5 rings (SSSR count). The van der Waals surface area contributed by atoms with Gasteiger partial charge in [0.25, 0.3) is 5.91 Å². The maximum atomic E-state index is 13.8. The lowest BCUT2D eigenvalue weighted by molar-refractivity contribution is -0.126. The van der Waals surface area contributed by atoms with Gasteiger partial charge in [-0.2, -0.15) is 0 Å². The summed E-state index contributed by atoms with van der Waals surface area (Å²) in [5.41, 5.74) is 8.86. The van der Waals surface area contributed by atoms with Crippen molar-refractivity contribution < 1.29 is 9.59 Å². The number of nitrogens with zero attached hydrogens (tertiary/aromatic N) is 4. The highest BCUT2D eigenvalue weighted by atomic mass is 16.2. The molecule has 2 amide bonds. The Bertz CT molecular complexity index is 1400. The zero-order valence-corrected chi connectivity index (χ0v) is 20.6. The number of amides is 2. The number of nitrogen functional groups attached to an aromatic ring is 1. The fourth-order valence-corrected chi connectivity index (χ4v) is 4.96. The maximum Gasteiger partial charge on any atom is 0.255 e. The lowest BCUT2D eigenvalue weighted by Gasteiger charge is -2.19. The van der Waals surface area contributed by atoms with Crippen LogP contribution in [-0.2, 0) is 4.79 Å². The molecule has 3 N–H and O–H groups in total. The Kier molecular flexibility index (Phi) is 6.23. The van der Waals surface area contributed by atoms with Crippen LogP contribution in [0, 0.1) is 17.8 Å². The SMILES string of the molecule is C=CC(=O)N1CC(n2c(C#CC3CC3)c(C(=O)NC(C)c3ccccc3)c3c(N)ncnc32)CC1C. The van der Waals surface area contributed by atoms with Gasteiger partial charge in [-0.15, -0.1) is 0 Å². The summed E-state index contributed by atoms with van der Waals surface area (Å²) in [5, 5.41) is 3.61. The number of fused-ring (bicyclic) bond motifs is 1. The molecule has 1 aromatic carbocycles. The number of nitrogens with two attached hydrogens (primary N) is 1. The maximum absolute atomic E-state index is 13.8. The van der Waals surface area contributed by atoms with E-state index in [1.54, 1.807) is 4.90 Å². The second kappa shape index (κ2) is 9.50. The fourth-order valence-electron chi connectivity index (χ4n) is 4.96. The Labute approximate surface area is 210 Å². The van der Waals surface area contributed by atoms with E-state index in [1.165, 1.54) is 12.4 Å². The molecule has 1 saturated heterocycles. The van der Waals surface area contributed by atoms with Gasteiger partial charge in [0.05, 0.1) is 23.0 Å². The standard InChI is InChI=1S/C28H30N6O2/c1-4-23(35)33-15-21(14-17(33)2)34-22(13-12-19-10-11-19)24(25-26(29)30-16-31-27(25)34)28(36)32-18(3)20-8-6-5-7-9-20/h4-9,16-19,21H,1,10-11,14-15H2,2-3H3,(H,32,36)(H2,29,30,31). The zero-order chi connectivity index (χ0) is 25.4. The van der Waals surface area contributed by atoms with Crippen LogP contribution in [0.1, 0.15) is 66.8 Å². The molecule has 1 saturated carbocycles. The average molecular weight is 483 g/mol. The first-order valence-electron chi connectivity index (χ1n) is 12.3. The van der Waals surface area contributed by atoms with Gasteiger partial charge in [-0.1, -0.05) is 42.8 Å². The molecule has 1 aliphatic heterocycles. The topological polar surface area (TPSA) is 106 Å². The highest BCUT2D eigenvalue weighted by Gasteiger charge is 2.37. The van der Waals surface area contributed by atoms with E-state index >= 15 is 0 Å². The van der Waals surface area contributed by atoms with Crippen molar-refractivity contribution >= 4 is 28.7 Å². The highest BCUT2D eigenvalue weighted by Crippen LogP contribution is 2.37. The normalized spacial score (nSPS) is 20.0. The van der Waals surface area contributed by atoms with E-state index in [0.717, 1.165) is 18.4 Å². The minimum Gasteiger partial charge on any atom is -0.383 e. The Hall–Kier alpha value is -4.12. The van der Waals surface area contributed by atoms with Gasteiger partial charge in [0, 0.05) is 18.5 Å². The number of nitrogens with one attached hydrogen (secondary N) is 1. The lowest BCUT2D eigenvalue weighted by Crippen LogP contribution is -2.32. The summed E-state index contributed by atoms with van der Waals surface area (Å²) in [6, 6.07) is 9.46. The van der Waals surface area contributed by atoms with E-state index in [4.69, 9.17) is 5.73 Å². The molecule has 1 aliphatic carbocycles. The van der Waals surface area contributed by atoms with Crippen molar-refractivity contribution in [2.45, 2.75) is 51.2 Å². The predicted octanol–water partition coefficient (Wildman–Crippen LogP) is 3.61. The number of hydrogen-bond donors (Lipinski definition) is 2. The molecule has 8 heteroatoms. The van der Waals surface area contributed by atoms with Crippen molar-refractivity contribution in [2.24, 2.45) is 5.92 Å². The molecule has 2 aromatic heterocycles. The van der Waals surface area contributed by atoms with E-state index in [1.807, 2.05) is 48.7 Å². The Balaban J connectivity index is 1.63. The van der Waals surface area contributed by atoms with Crippen LogP contribution in [0.2, 0.25) is 0 Å². The van der Waals surface area contributed by atoms with Crippen LogP contribution >= 0.6 is 0 Å². The van der Waals surface area contributed by atoms with Crippen LogP contribution < -0.4 is 11.1 Å². The van der Waals surface area contributed by atoms with E-state index in [9.17, 15) is 9.59 Å². The predicted molar refractivity (Wildman–Crippen MR) is 139 cm³/mol. The molecular formula is C28H30N6O2. The Morgan fingerprint density at radius 3 is 2.69 bits per heavy atom. The summed E-state index contributed by atoms with van der Waals surface area (Å²) < 4.78 is 2.00. The van der Waals surface area contributed by atoms with E-state index in [0.29, 0.717) is 41.2 Å². The first-order chi connectivity index (χ1) is 17.4. The number of anilines is 1. The first kappa shape index (κ1) is 23.6. The van der Waals surface area contributed by atoms with Gasteiger partial charge in [0.15, 0.2) is 0 Å². The molecule has 3 unspecified atom stereocenters. The van der Waals surface area contributed by atoms with Crippen molar-refractivity contribution in [2.75, 3.05) is 12.3 Å². The Morgan fingerprint density at radius 1 is 1.25 bits per heavy atom. The van der Waals surface area contributed by atoms with Crippen LogP contribution in [0.25, 0.3) is 11.0 Å². The third-order valence-corrected chi connectivity index (χ3v) is 7.03. The number of carbonyl (C=O) groups excluding carboxylic acids is 2. The molecule has 0 spiro atoms. The van der Waals surface area contributed by atoms with Gasteiger partial charge in [-0.25, -0.2) is 9.97 Å². The van der Waals surface area contributed by atoms with Crippen molar-refractivity contribution in [3.63, 3.8) is 0 Å². The summed E-state index contributed by atoms with van der Waals surface area (Å²) in [5.74, 6) is 6.80. The summed E-state index contributed by atoms with van der Waals surface area (Å²) in [6.45, 7) is 8.07. The molecule has 0 radical (unpaired) electrons. The molecule has 36 heavy (non-hydrogen) atoms. The summed E-state index contributed by atoms with van der Waals surface area (Å²) in [4.78, 5) is 36.8. The van der Waals surface area contributed by atoms with Crippen LogP contribution in [0.5, 0.6) is 0 Å². The van der Waals surface area contributed by atoms with Gasteiger partial charge in [-0.3, -0.25) is 9.59 Å². The minimum absolute atomic E-state index is 0.0109. The molecule has 2 aliphatic rings. The highest BCUT2D eigenvalue weighted by molar-refractivity contribution is 6.12. The largest absolute Gasteiger partial charge is 0.383 e. The zero-order valence-electron chi connectivity index (χ0n) is 20.6. The molecular weight excluding hydrogens is 452 g/mol. The monoisotopic (exact) mass is 482 g/mol. The number of aromatic nitrogens is 3. The smallest absolute Gasteiger partial charge is 0.255 e. The molecule has 3 atom stereocenters. The third-order valence-electron chi connectivity index (χ3n) is 7.03. The molecule has 0 bridgehead atoms. The Morgan fingerprint density at radius 2 is 2.00 bits per heavy atom. The molecule has 3 heterocycles. The minimum atomic E-state index is -0.276. The number of likely N-dealkylation sites (tertiary alicyclic amines) is 1.